The molecule has 3 fully saturated rings. The maximum absolute atomic E-state index is 12.2. The highest BCUT2D eigenvalue weighted by molar-refractivity contribution is 5.68. The average molecular weight is 686 g/mol. The number of methoxy groups -OCH3 is 1. The SMILES string of the molecule is CO[C@H]1O[C@H](CO[C@@H]2O[C@@H]3CO[C@@H](c4ccccc4)O[C@H]3[C@H](OCc3ccccc3)[C@H]2N=[N+]=[N-])[C@@H](OC(C)=O)[C@H](OC(C)=O)[C@H]1OC(C)=O. The second-order valence-electron chi connectivity index (χ2n) is 11.5. The molecule has 49 heavy (non-hydrogen) atoms. The van der Waals surface area contributed by atoms with Crippen LogP contribution in [0.1, 0.15) is 38.2 Å². The van der Waals surface area contributed by atoms with E-state index in [1.165, 1.54) is 7.11 Å². The van der Waals surface area contributed by atoms with Gasteiger partial charge in [0.15, 0.2) is 37.2 Å². The molecule has 0 N–H and O–H groups in total. The molecule has 3 heterocycles. The van der Waals surface area contributed by atoms with E-state index in [2.05, 4.69) is 10.0 Å². The first-order valence-electron chi connectivity index (χ1n) is 15.7. The van der Waals surface area contributed by atoms with Gasteiger partial charge >= 0.3 is 17.9 Å². The lowest BCUT2D eigenvalue weighted by atomic mass is 9.95. The van der Waals surface area contributed by atoms with E-state index >= 15 is 0 Å². The van der Waals surface area contributed by atoms with Crippen molar-refractivity contribution in [2.24, 2.45) is 5.11 Å². The number of esters is 3. The molecule has 16 nitrogen and oxygen atoms in total. The molecule has 0 aromatic heterocycles. The van der Waals surface area contributed by atoms with Crippen molar-refractivity contribution < 1.29 is 61.8 Å². The van der Waals surface area contributed by atoms with E-state index in [4.69, 9.17) is 47.4 Å². The summed E-state index contributed by atoms with van der Waals surface area (Å²) in [6.45, 7) is 3.39. The van der Waals surface area contributed by atoms with Gasteiger partial charge in [-0.2, -0.15) is 0 Å². The Kier molecular flexibility index (Phi) is 12.6. The number of hydrogen-bond donors (Lipinski definition) is 0. The fraction of sp³-hybridized carbons (Fsp3) is 0.545. The predicted octanol–water partition coefficient (Wildman–Crippen LogP) is 3.27. The minimum atomic E-state index is -1.32. The summed E-state index contributed by atoms with van der Waals surface area (Å²) in [5.74, 6) is -2.17. The van der Waals surface area contributed by atoms with Crippen LogP contribution in [-0.2, 0) is 68.4 Å². The van der Waals surface area contributed by atoms with Crippen molar-refractivity contribution in [3.05, 3.63) is 82.2 Å². The van der Waals surface area contributed by atoms with E-state index in [1.807, 2.05) is 60.7 Å². The Bertz CT molecular complexity index is 1460. The van der Waals surface area contributed by atoms with E-state index in [1.54, 1.807) is 0 Å². The van der Waals surface area contributed by atoms with Gasteiger partial charge in [0.25, 0.3) is 0 Å². The summed E-state index contributed by atoms with van der Waals surface area (Å²) in [6.07, 6.45) is -10.5. The van der Waals surface area contributed by atoms with Crippen molar-refractivity contribution in [1.29, 1.82) is 0 Å². The third-order valence-corrected chi connectivity index (χ3v) is 8.00. The molecule has 11 atom stereocenters. The summed E-state index contributed by atoms with van der Waals surface area (Å²) in [5, 5.41) is 4.02. The fourth-order valence-electron chi connectivity index (χ4n) is 5.99. The quantitative estimate of drug-likeness (QED) is 0.104. The Balaban J connectivity index is 1.41. The van der Waals surface area contributed by atoms with Gasteiger partial charge in [-0.25, -0.2) is 0 Å². The second-order valence-corrected chi connectivity index (χ2v) is 11.5. The Morgan fingerprint density at radius 2 is 1.43 bits per heavy atom. The number of rotatable bonds is 12. The Labute approximate surface area is 282 Å². The van der Waals surface area contributed by atoms with Crippen LogP contribution in [0, 0.1) is 0 Å². The van der Waals surface area contributed by atoms with Crippen molar-refractivity contribution in [2.75, 3.05) is 20.3 Å². The van der Waals surface area contributed by atoms with E-state index in [0.717, 1.165) is 31.9 Å². The van der Waals surface area contributed by atoms with Gasteiger partial charge in [0.05, 0.1) is 19.8 Å². The molecule has 0 saturated carbocycles. The lowest BCUT2D eigenvalue weighted by Gasteiger charge is -2.48. The first-order valence-corrected chi connectivity index (χ1v) is 15.7. The molecule has 3 aliphatic heterocycles. The lowest BCUT2D eigenvalue weighted by Crippen LogP contribution is -2.64. The Morgan fingerprint density at radius 1 is 0.796 bits per heavy atom. The highest BCUT2D eigenvalue weighted by atomic mass is 16.8. The molecule has 5 rings (SSSR count). The van der Waals surface area contributed by atoms with Gasteiger partial charge < -0.3 is 47.4 Å². The number of carbonyl (C=O) groups is 3. The third-order valence-electron chi connectivity index (χ3n) is 8.00. The van der Waals surface area contributed by atoms with Crippen molar-refractivity contribution in [3.8, 4) is 0 Å². The van der Waals surface area contributed by atoms with Gasteiger partial charge in [-0.15, -0.1) is 0 Å². The van der Waals surface area contributed by atoms with Crippen molar-refractivity contribution >= 4 is 17.9 Å². The molecular formula is C33H39N3O13. The van der Waals surface area contributed by atoms with E-state index < -0.39 is 85.5 Å². The summed E-state index contributed by atoms with van der Waals surface area (Å²) < 4.78 is 59.1. The van der Waals surface area contributed by atoms with Gasteiger partial charge in [-0.05, 0) is 11.1 Å². The number of fused-ring (bicyclic) bond motifs is 1. The van der Waals surface area contributed by atoms with Gasteiger partial charge in [-0.3, -0.25) is 14.4 Å². The maximum atomic E-state index is 12.2. The molecule has 0 radical (unpaired) electrons. The normalized spacial score (nSPS) is 32.5. The van der Waals surface area contributed by atoms with Gasteiger partial charge in [0.2, 0.25) is 0 Å². The first-order chi connectivity index (χ1) is 23.7. The molecule has 0 unspecified atom stereocenters. The van der Waals surface area contributed by atoms with Crippen LogP contribution in [0.2, 0.25) is 0 Å². The number of ether oxygens (including phenoxy) is 10. The van der Waals surface area contributed by atoms with Crippen LogP contribution in [0.4, 0.5) is 0 Å². The molecule has 0 spiro atoms. The highest BCUT2D eigenvalue weighted by Crippen LogP contribution is 2.38. The number of benzene rings is 2. The van der Waals surface area contributed by atoms with E-state index in [-0.39, 0.29) is 19.8 Å². The fourth-order valence-corrected chi connectivity index (χ4v) is 5.99. The van der Waals surface area contributed by atoms with Crippen molar-refractivity contribution in [2.45, 2.75) is 95.0 Å². The predicted molar refractivity (Wildman–Crippen MR) is 165 cm³/mol. The molecule has 3 aliphatic rings. The molecule has 264 valence electrons. The summed E-state index contributed by atoms with van der Waals surface area (Å²) in [5.41, 5.74) is 11.3. The van der Waals surface area contributed by atoms with Crippen LogP contribution in [0.25, 0.3) is 10.4 Å². The smallest absolute Gasteiger partial charge is 0.303 e. The van der Waals surface area contributed by atoms with Gasteiger partial charge in [0.1, 0.15) is 30.5 Å². The summed E-state index contributed by atoms with van der Waals surface area (Å²) in [6, 6.07) is 17.7. The van der Waals surface area contributed by atoms with E-state index in [0.29, 0.717) is 0 Å². The van der Waals surface area contributed by atoms with Crippen LogP contribution in [-0.4, -0.2) is 99.6 Å². The van der Waals surface area contributed by atoms with Crippen LogP contribution in [0.5, 0.6) is 0 Å². The number of nitrogens with zero attached hydrogens (tertiary/aromatic N) is 3. The number of carbonyl (C=O) groups excluding carboxylic acids is 3. The Morgan fingerprint density at radius 3 is 2.06 bits per heavy atom. The zero-order chi connectivity index (χ0) is 34.9. The molecule has 0 bridgehead atoms. The van der Waals surface area contributed by atoms with Crippen LogP contribution in [0.15, 0.2) is 65.8 Å². The zero-order valence-corrected chi connectivity index (χ0v) is 27.4. The molecule has 0 aliphatic carbocycles. The molecule has 3 saturated heterocycles. The largest absolute Gasteiger partial charge is 0.456 e. The molecular weight excluding hydrogens is 646 g/mol. The summed E-state index contributed by atoms with van der Waals surface area (Å²) in [7, 11) is 1.30. The van der Waals surface area contributed by atoms with Crippen LogP contribution >= 0.6 is 0 Å². The molecule has 2 aromatic carbocycles. The van der Waals surface area contributed by atoms with Gasteiger partial charge in [-0.1, -0.05) is 65.8 Å². The minimum absolute atomic E-state index is 0.0958. The minimum Gasteiger partial charge on any atom is -0.456 e. The summed E-state index contributed by atoms with van der Waals surface area (Å²) in [4.78, 5) is 39.3. The summed E-state index contributed by atoms with van der Waals surface area (Å²) >= 11 is 0. The topological polar surface area (TPSA) is 192 Å². The molecule has 2 aromatic rings. The average Bonchev–Trinajstić information content (AvgIpc) is 3.09. The van der Waals surface area contributed by atoms with Crippen LogP contribution in [0.3, 0.4) is 0 Å². The van der Waals surface area contributed by atoms with Gasteiger partial charge in [0, 0.05) is 38.4 Å². The monoisotopic (exact) mass is 685 g/mol. The standard InChI is InChI=1S/C33H39N3O13/c1-18(37)44-27-24(48-33(40-4)30(46-20(3)39)29(27)45-19(2)38)17-43-32-25(35-36-34)28(41-15-21-11-7-5-8-12-21)26-23(47-32)16-42-31(49-26)22-13-9-6-10-14-22/h5-14,23-33H,15-17H2,1-4H3/t23-,24-,25-,26-,27-,28-,29+,30-,31-,32-,33+/m1/s1. The first kappa shape index (κ1) is 36.2. The Hall–Kier alpha value is -4.12. The zero-order valence-electron chi connectivity index (χ0n) is 27.4. The van der Waals surface area contributed by atoms with Crippen LogP contribution < -0.4 is 0 Å². The number of hydrogen-bond acceptors (Lipinski definition) is 14. The molecule has 0 amide bonds. The third kappa shape index (κ3) is 9.12. The highest BCUT2D eigenvalue weighted by Gasteiger charge is 2.54. The second kappa shape index (κ2) is 17.0. The lowest BCUT2D eigenvalue weighted by molar-refractivity contribution is -0.354. The molecule has 16 heteroatoms. The maximum Gasteiger partial charge on any atom is 0.303 e. The van der Waals surface area contributed by atoms with Crippen molar-refractivity contribution in [3.63, 3.8) is 0 Å². The number of azide groups is 1. The van der Waals surface area contributed by atoms with Crippen molar-refractivity contribution in [1.82, 2.24) is 0 Å². The van der Waals surface area contributed by atoms with E-state index in [9.17, 15) is 19.9 Å².